The first-order valence-corrected chi connectivity index (χ1v) is 6.60. The van der Waals surface area contributed by atoms with E-state index < -0.39 is 10.1 Å². The summed E-state index contributed by atoms with van der Waals surface area (Å²) >= 11 is 0. The van der Waals surface area contributed by atoms with Crippen LogP contribution in [0.4, 0.5) is 0 Å². The van der Waals surface area contributed by atoms with Crippen LogP contribution in [-0.4, -0.2) is 18.4 Å². The summed E-state index contributed by atoms with van der Waals surface area (Å²) in [6.07, 6.45) is 3.07. The largest absolute Gasteiger partial charge is 0.382 e. The molecule has 1 N–H and O–H groups in total. The molecule has 0 aliphatic heterocycles. The Hall–Kier alpha value is -1.82. The maximum absolute atomic E-state index is 11.7. The summed E-state index contributed by atoms with van der Waals surface area (Å²) < 4.78 is 28.5. The molecule has 1 heterocycles. The van der Waals surface area contributed by atoms with Crippen molar-refractivity contribution in [2.45, 2.75) is 12.7 Å². The lowest BCUT2D eigenvalue weighted by molar-refractivity contribution is 0.482. The molecule has 2 aromatic rings. The van der Waals surface area contributed by atoms with Gasteiger partial charge in [-0.1, -0.05) is 18.2 Å². The van der Waals surface area contributed by atoms with E-state index in [0.717, 1.165) is 5.56 Å². The van der Waals surface area contributed by atoms with E-state index in [1.54, 1.807) is 31.3 Å². The summed E-state index contributed by atoms with van der Waals surface area (Å²) in [7, 11) is -3.67. The van der Waals surface area contributed by atoms with E-state index in [1.165, 1.54) is 6.20 Å². The lowest BCUT2D eigenvalue weighted by Gasteiger charge is -2.07. The average molecular weight is 252 g/mol. The third-order valence-electron chi connectivity index (χ3n) is 2.18. The molecule has 0 saturated carbocycles. The van der Waals surface area contributed by atoms with Crippen LogP contribution in [0, 0.1) is 6.92 Å². The third kappa shape index (κ3) is 3.07. The van der Waals surface area contributed by atoms with Gasteiger partial charge in [-0.2, -0.15) is 8.42 Å². The molecule has 0 bridgehead atoms. The molecule has 0 unspecified atom stereocenters. The van der Waals surface area contributed by atoms with Gasteiger partial charge in [0.05, 0.1) is 0 Å². The van der Waals surface area contributed by atoms with Crippen LogP contribution in [0.5, 0.6) is 5.75 Å². The van der Waals surface area contributed by atoms with Crippen molar-refractivity contribution in [3.8, 4) is 5.75 Å². The van der Waals surface area contributed by atoms with E-state index in [9.17, 15) is 8.42 Å². The molecule has 1 aromatic carbocycles. The molecule has 0 amide bonds. The Labute approximate surface area is 99.6 Å². The van der Waals surface area contributed by atoms with Crippen LogP contribution in [0.15, 0.2) is 36.7 Å². The van der Waals surface area contributed by atoms with Crippen LogP contribution in [-0.2, 0) is 15.9 Å². The summed E-state index contributed by atoms with van der Waals surface area (Å²) in [5.41, 5.74) is 0.774. The third-order valence-corrected chi connectivity index (χ3v) is 3.24. The van der Waals surface area contributed by atoms with Gasteiger partial charge in [0.15, 0.2) is 0 Å². The van der Waals surface area contributed by atoms with Gasteiger partial charge in [0.25, 0.3) is 0 Å². The molecule has 6 heteroatoms. The molecule has 0 radical (unpaired) electrons. The Balaban J connectivity index is 2.16. The molecule has 90 valence electrons. The second kappa shape index (κ2) is 4.58. The lowest BCUT2D eigenvalue weighted by atomic mass is 10.2. The second-order valence-corrected chi connectivity index (χ2v) is 5.16. The number of aromatic amines is 1. The minimum atomic E-state index is -3.67. The maximum Gasteiger partial charge on any atom is 0.316 e. The zero-order chi connectivity index (χ0) is 12.3. The number of nitrogens with zero attached hydrogens (tertiary/aromatic N) is 1. The molecule has 0 aliphatic rings. The first kappa shape index (κ1) is 11.7. The topological polar surface area (TPSA) is 72.1 Å². The Kier molecular flexibility index (Phi) is 3.14. The first-order chi connectivity index (χ1) is 8.07. The fraction of sp³-hybridized carbons (Fsp3) is 0.182. The highest BCUT2D eigenvalue weighted by Gasteiger charge is 2.16. The number of H-pyrrole nitrogens is 1. The van der Waals surface area contributed by atoms with Crippen LogP contribution in [0.3, 0.4) is 0 Å². The van der Waals surface area contributed by atoms with Crippen molar-refractivity contribution in [2.75, 3.05) is 0 Å². The van der Waals surface area contributed by atoms with Crippen molar-refractivity contribution in [2.24, 2.45) is 0 Å². The number of aromatic nitrogens is 2. The summed E-state index contributed by atoms with van der Waals surface area (Å²) in [4.78, 5) is 6.57. The van der Waals surface area contributed by atoms with Gasteiger partial charge < -0.3 is 9.17 Å². The Bertz CT molecular complexity index is 591. The Morgan fingerprint density at radius 2 is 2.12 bits per heavy atom. The van der Waals surface area contributed by atoms with Crippen molar-refractivity contribution in [1.29, 1.82) is 0 Å². The predicted octanol–water partition coefficient (Wildman–Crippen LogP) is 1.63. The second-order valence-electron chi connectivity index (χ2n) is 3.59. The van der Waals surface area contributed by atoms with Gasteiger partial charge in [0.2, 0.25) is 0 Å². The number of aryl methyl sites for hydroxylation is 1. The minimum absolute atomic E-state index is 0.270. The number of imidazole rings is 1. The molecule has 2 rings (SSSR count). The first-order valence-electron chi connectivity index (χ1n) is 5.03. The van der Waals surface area contributed by atoms with E-state index in [2.05, 4.69) is 9.97 Å². The molecule has 0 spiro atoms. The van der Waals surface area contributed by atoms with Gasteiger partial charge in [-0.05, 0) is 18.6 Å². The normalized spacial score (nSPS) is 11.4. The monoisotopic (exact) mass is 252 g/mol. The molecule has 5 nitrogen and oxygen atoms in total. The molecule has 0 fully saturated rings. The fourth-order valence-electron chi connectivity index (χ4n) is 1.36. The maximum atomic E-state index is 11.7. The number of para-hydroxylation sites is 1. The van der Waals surface area contributed by atoms with Crippen LogP contribution in [0.2, 0.25) is 0 Å². The number of nitrogens with one attached hydrogen (secondary N) is 1. The number of rotatable bonds is 4. The van der Waals surface area contributed by atoms with Crippen molar-refractivity contribution >= 4 is 10.1 Å². The average Bonchev–Trinajstić information content (AvgIpc) is 2.73. The van der Waals surface area contributed by atoms with E-state index in [1.807, 2.05) is 6.07 Å². The molecule has 17 heavy (non-hydrogen) atoms. The van der Waals surface area contributed by atoms with Gasteiger partial charge in [0, 0.05) is 12.4 Å². The molecule has 0 saturated heterocycles. The smallest absolute Gasteiger partial charge is 0.316 e. The van der Waals surface area contributed by atoms with Gasteiger partial charge in [-0.15, -0.1) is 0 Å². The van der Waals surface area contributed by atoms with Crippen molar-refractivity contribution < 1.29 is 12.6 Å². The van der Waals surface area contributed by atoms with Crippen LogP contribution < -0.4 is 4.18 Å². The zero-order valence-electron chi connectivity index (χ0n) is 9.25. The van der Waals surface area contributed by atoms with Gasteiger partial charge in [0.1, 0.15) is 17.3 Å². The Morgan fingerprint density at radius 1 is 1.35 bits per heavy atom. The minimum Gasteiger partial charge on any atom is -0.382 e. The van der Waals surface area contributed by atoms with Gasteiger partial charge in [-0.25, -0.2) is 4.98 Å². The number of hydrogen-bond acceptors (Lipinski definition) is 4. The van der Waals surface area contributed by atoms with Crippen LogP contribution in [0.25, 0.3) is 0 Å². The van der Waals surface area contributed by atoms with E-state index >= 15 is 0 Å². The van der Waals surface area contributed by atoms with Crippen molar-refractivity contribution in [3.05, 3.63) is 48.0 Å². The standard InChI is InChI=1S/C11H12N2O3S/c1-9-4-2-3-5-10(9)16-17(14,15)8-11-12-6-7-13-11/h2-7H,8H2,1H3,(H,12,13). The summed E-state index contributed by atoms with van der Waals surface area (Å²) in [5.74, 6) is 0.437. The highest BCUT2D eigenvalue weighted by Crippen LogP contribution is 2.19. The zero-order valence-corrected chi connectivity index (χ0v) is 10.1. The predicted molar refractivity (Wildman–Crippen MR) is 63.0 cm³/mol. The summed E-state index contributed by atoms with van der Waals surface area (Å²) in [6, 6.07) is 6.96. The number of benzene rings is 1. The highest BCUT2D eigenvalue weighted by molar-refractivity contribution is 7.86. The molecule has 0 aliphatic carbocycles. The van der Waals surface area contributed by atoms with Crippen molar-refractivity contribution in [1.82, 2.24) is 9.97 Å². The highest BCUT2D eigenvalue weighted by atomic mass is 32.2. The fourth-order valence-corrected chi connectivity index (χ4v) is 2.37. The lowest BCUT2D eigenvalue weighted by Crippen LogP contribution is -2.13. The number of hydrogen-bond donors (Lipinski definition) is 1. The molecular formula is C11H12N2O3S. The van der Waals surface area contributed by atoms with Crippen LogP contribution >= 0.6 is 0 Å². The summed E-state index contributed by atoms with van der Waals surface area (Å²) in [6.45, 7) is 1.79. The quantitative estimate of drug-likeness (QED) is 0.839. The van der Waals surface area contributed by atoms with Crippen LogP contribution in [0.1, 0.15) is 11.4 Å². The molecular weight excluding hydrogens is 240 g/mol. The Morgan fingerprint density at radius 3 is 2.76 bits per heavy atom. The SMILES string of the molecule is Cc1ccccc1OS(=O)(=O)Cc1ncc[nH]1. The van der Waals surface area contributed by atoms with Crippen molar-refractivity contribution in [3.63, 3.8) is 0 Å². The molecule has 1 aromatic heterocycles. The molecule has 0 atom stereocenters. The summed E-state index contributed by atoms with van der Waals surface area (Å²) in [5, 5.41) is 0. The van der Waals surface area contributed by atoms with E-state index in [4.69, 9.17) is 4.18 Å². The van der Waals surface area contributed by atoms with Gasteiger partial charge >= 0.3 is 10.1 Å². The van der Waals surface area contributed by atoms with E-state index in [-0.39, 0.29) is 5.75 Å². The van der Waals surface area contributed by atoms with E-state index in [0.29, 0.717) is 11.6 Å². The van der Waals surface area contributed by atoms with Gasteiger partial charge in [-0.3, -0.25) is 0 Å².